The lowest BCUT2D eigenvalue weighted by molar-refractivity contribution is -0.120. The fourth-order valence-corrected chi connectivity index (χ4v) is 3.09. The molecule has 28 heavy (non-hydrogen) atoms. The number of nitrogens with zero attached hydrogens (tertiary/aromatic N) is 4. The zero-order chi connectivity index (χ0) is 19.0. The predicted octanol–water partition coefficient (Wildman–Crippen LogP) is 3.43. The van der Waals surface area contributed by atoms with E-state index in [1.165, 1.54) is 0 Å². The first kappa shape index (κ1) is 20.3. The monoisotopic (exact) mass is 418 g/mol. The van der Waals surface area contributed by atoms with Gasteiger partial charge in [-0.05, 0) is 54.0 Å². The van der Waals surface area contributed by atoms with Gasteiger partial charge in [-0.1, -0.05) is 41.9 Å². The van der Waals surface area contributed by atoms with E-state index in [1.807, 2.05) is 30.3 Å². The highest BCUT2D eigenvalue weighted by atomic mass is 35.5. The second kappa shape index (κ2) is 7.87. The average Bonchev–Trinajstić information content (AvgIpc) is 3.41. The molecule has 1 saturated carbocycles. The Labute approximate surface area is 173 Å². The number of carbonyl (C=O) groups is 1. The molecule has 0 radical (unpaired) electrons. The number of tetrazole rings is 1. The molecular formula is C19H20Cl2N6O. The highest BCUT2D eigenvalue weighted by molar-refractivity contribution is 6.32. The minimum atomic E-state index is -1.17. The number of hydrogen-bond acceptors (Lipinski definition) is 5. The van der Waals surface area contributed by atoms with Gasteiger partial charge in [-0.15, -0.1) is 17.5 Å². The fraction of sp³-hybridized carbons (Fsp3) is 0.263. The van der Waals surface area contributed by atoms with Crippen molar-refractivity contribution in [2.75, 3.05) is 5.32 Å². The van der Waals surface area contributed by atoms with Gasteiger partial charge in [-0.2, -0.15) is 4.68 Å². The number of amides is 1. The van der Waals surface area contributed by atoms with Crippen LogP contribution in [0.25, 0.3) is 5.69 Å². The van der Waals surface area contributed by atoms with Crippen molar-refractivity contribution in [2.45, 2.75) is 31.2 Å². The number of hydrogen-bond donors (Lipinski definition) is 2. The van der Waals surface area contributed by atoms with Gasteiger partial charge in [0.25, 0.3) is 0 Å². The summed E-state index contributed by atoms with van der Waals surface area (Å²) in [6.45, 7) is 1.68. The number of nitrogens with two attached hydrogens (primary N) is 1. The van der Waals surface area contributed by atoms with Gasteiger partial charge in [-0.25, -0.2) is 0 Å². The summed E-state index contributed by atoms with van der Waals surface area (Å²) in [5.41, 5.74) is 7.04. The summed E-state index contributed by atoms with van der Waals surface area (Å²) in [5.74, 6) is 0.828. The molecule has 9 heteroatoms. The molecule has 0 aliphatic heterocycles. The summed E-state index contributed by atoms with van der Waals surface area (Å²) in [6.07, 6.45) is 2.13. The first-order chi connectivity index (χ1) is 13.0. The third-order valence-corrected chi connectivity index (χ3v) is 5.03. The number of halogens is 2. The van der Waals surface area contributed by atoms with Crippen LogP contribution in [0.3, 0.4) is 0 Å². The quantitative estimate of drug-likeness (QED) is 0.660. The Morgan fingerprint density at radius 2 is 1.96 bits per heavy atom. The largest absolute Gasteiger partial charge is 0.324 e. The van der Waals surface area contributed by atoms with E-state index in [1.54, 1.807) is 29.8 Å². The van der Waals surface area contributed by atoms with Crippen LogP contribution in [0.4, 0.5) is 5.69 Å². The van der Waals surface area contributed by atoms with Gasteiger partial charge in [0, 0.05) is 11.6 Å². The molecular weight excluding hydrogens is 399 g/mol. The van der Waals surface area contributed by atoms with Crippen LogP contribution in [-0.4, -0.2) is 26.1 Å². The van der Waals surface area contributed by atoms with E-state index in [9.17, 15) is 4.79 Å². The van der Waals surface area contributed by atoms with Gasteiger partial charge in [0.15, 0.2) is 5.82 Å². The Bertz CT molecular complexity index is 985. The lowest BCUT2D eigenvalue weighted by Crippen LogP contribution is -2.45. The summed E-state index contributed by atoms with van der Waals surface area (Å²) in [7, 11) is 0. The maximum atomic E-state index is 12.8. The van der Waals surface area contributed by atoms with E-state index in [-0.39, 0.29) is 18.3 Å². The summed E-state index contributed by atoms with van der Waals surface area (Å²) in [6, 6.07) is 14.4. The summed E-state index contributed by atoms with van der Waals surface area (Å²) >= 11 is 6.35. The Morgan fingerprint density at radius 1 is 1.25 bits per heavy atom. The Balaban J connectivity index is 0.00000225. The van der Waals surface area contributed by atoms with Crippen LogP contribution in [0, 0.1) is 0 Å². The highest BCUT2D eigenvalue weighted by Crippen LogP contribution is 2.40. The van der Waals surface area contributed by atoms with Crippen LogP contribution < -0.4 is 11.1 Å². The van der Waals surface area contributed by atoms with Crippen molar-refractivity contribution < 1.29 is 4.79 Å². The summed E-state index contributed by atoms with van der Waals surface area (Å²) < 4.78 is 1.63. The number of carbonyl (C=O) groups excluding carboxylic acids is 1. The third-order valence-electron chi connectivity index (χ3n) is 4.71. The molecule has 0 bridgehead atoms. The fourth-order valence-electron chi connectivity index (χ4n) is 2.89. The molecule has 1 heterocycles. The van der Waals surface area contributed by atoms with Gasteiger partial charge in [0.05, 0.1) is 10.7 Å². The zero-order valence-corrected chi connectivity index (χ0v) is 16.7. The SMILES string of the molecule is CC(N)(C(=O)Nc1ccc(Cl)c(-n2nnnc2C2CC2)c1)c1ccccc1.Cl. The van der Waals surface area contributed by atoms with Gasteiger partial charge in [0.2, 0.25) is 5.91 Å². The van der Waals surface area contributed by atoms with Crippen molar-refractivity contribution >= 4 is 35.6 Å². The van der Waals surface area contributed by atoms with E-state index in [0.717, 1.165) is 24.2 Å². The molecule has 3 aromatic rings. The molecule has 146 valence electrons. The minimum absolute atomic E-state index is 0. The van der Waals surface area contributed by atoms with E-state index in [4.69, 9.17) is 17.3 Å². The minimum Gasteiger partial charge on any atom is -0.324 e. The van der Waals surface area contributed by atoms with Crippen molar-refractivity contribution in [1.29, 1.82) is 0 Å². The molecule has 3 N–H and O–H groups in total. The zero-order valence-electron chi connectivity index (χ0n) is 15.2. The predicted molar refractivity (Wildman–Crippen MR) is 110 cm³/mol. The summed E-state index contributed by atoms with van der Waals surface area (Å²) in [4.78, 5) is 12.8. The molecule has 0 spiro atoms. The van der Waals surface area contributed by atoms with Gasteiger partial charge in [0.1, 0.15) is 5.54 Å². The van der Waals surface area contributed by atoms with E-state index in [0.29, 0.717) is 22.3 Å². The molecule has 0 saturated heterocycles. The van der Waals surface area contributed by atoms with Crippen molar-refractivity contribution in [1.82, 2.24) is 20.2 Å². The Morgan fingerprint density at radius 3 is 2.64 bits per heavy atom. The van der Waals surface area contributed by atoms with Crippen LogP contribution in [0.15, 0.2) is 48.5 Å². The van der Waals surface area contributed by atoms with E-state index < -0.39 is 5.54 Å². The average molecular weight is 419 g/mol. The second-order valence-corrected chi connectivity index (χ2v) is 7.32. The molecule has 1 fully saturated rings. The molecule has 1 amide bonds. The van der Waals surface area contributed by atoms with Crippen molar-refractivity contribution in [3.8, 4) is 5.69 Å². The molecule has 1 aliphatic carbocycles. The number of anilines is 1. The number of benzene rings is 2. The first-order valence-corrected chi connectivity index (χ1v) is 9.08. The first-order valence-electron chi connectivity index (χ1n) is 8.71. The van der Waals surface area contributed by atoms with Gasteiger partial charge < -0.3 is 11.1 Å². The van der Waals surface area contributed by atoms with Crippen molar-refractivity contribution in [2.24, 2.45) is 5.73 Å². The van der Waals surface area contributed by atoms with Crippen molar-refractivity contribution in [3.05, 3.63) is 64.9 Å². The Hall–Kier alpha value is -2.48. The normalized spacial score (nSPS) is 15.4. The molecule has 7 nitrogen and oxygen atoms in total. The highest BCUT2D eigenvalue weighted by Gasteiger charge is 2.32. The smallest absolute Gasteiger partial charge is 0.248 e. The maximum absolute atomic E-state index is 12.8. The molecule has 1 atom stereocenters. The van der Waals surface area contributed by atoms with Crippen LogP contribution in [0.2, 0.25) is 5.02 Å². The van der Waals surface area contributed by atoms with Gasteiger partial charge >= 0.3 is 0 Å². The van der Waals surface area contributed by atoms with Crippen LogP contribution in [0.1, 0.15) is 37.1 Å². The van der Waals surface area contributed by atoms with Crippen LogP contribution in [-0.2, 0) is 10.3 Å². The number of aromatic nitrogens is 4. The number of nitrogens with one attached hydrogen (secondary N) is 1. The molecule has 4 rings (SSSR count). The second-order valence-electron chi connectivity index (χ2n) is 6.91. The van der Waals surface area contributed by atoms with E-state index >= 15 is 0 Å². The lowest BCUT2D eigenvalue weighted by atomic mass is 9.92. The molecule has 1 aliphatic rings. The lowest BCUT2D eigenvalue weighted by Gasteiger charge is -2.24. The van der Waals surface area contributed by atoms with Crippen molar-refractivity contribution in [3.63, 3.8) is 0 Å². The molecule has 2 aromatic carbocycles. The number of rotatable bonds is 5. The third kappa shape index (κ3) is 3.87. The molecule has 1 unspecified atom stereocenters. The Kier molecular flexibility index (Phi) is 5.69. The van der Waals surface area contributed by atoms with Crippen LogP contribution >= 0.6 is 24.0 Å². The topological polar surface area (TPSA) is 98.7 Å². The summed E-state index contributed by atoms with van der Waals surface area (Å²) in [5, 5.41) is 15.3. The van der Waals surface area contributed by atoms with E-state index in [2.05, 4.69) is 20.8 Å². The van der Waals surface area contributed by atoms with Gasteiger partial charge in [-0.3, -0.25) is 4.79 Å². The maximum Gasteiger partial charge on any atom is 0.248 e. The van der Waals surface area contributed by atoms with Crippen LogP contribution in [0.5, 0.6) is 0 Å². The molecule has 1 aromatic heterocycles. The standard InChI is InChI=1S/C19H19ClN6O.ClH/c1-19(21,13-5-3-2-4-6-13)18(27)22-14-9-10-15(20)16(11-14)26-17(12-7-8-12)23-24-25-26;/h2-6,9-12H,7-8,21H2,1H3,(H,22,27);1H.